The van der Waals surface area contributed by atoms with Gasteiger partial charge in [0.2, 0.25) is 17.7 Å². The van der Waals surface area contributed by atoms with Gasteiger partial charge in [0, 0.05) is 45.1 Å². The Balaban J connectivity index is 1.80. The van der Waals surface area contributed by atoms with Gasteiger partial charge in [0.15, 0.2) is 0 Å². The second kappa shape index (κ2) is 9.36. The first kappa shape index (κ1) is 22.1. The molecule has 0 aromatic carbocycles. The van der Waals surface area contributed by atoms with Crippen LogP contribution in [0.25, 0.3) is 0 Å². The first-order chi connectivity index (χ1) is 13.0. The van der Waals surface area contributed by atoms with Crippen LogP contribution in [-0.2, 0) is 19.1 Å². The first-order valence-corrected chi connectivity index (χ1v) is 9.90. The number of rotatable bonds is 4. The molecule has 2 aliphatic heterocycles. The number of hydrogen-bond donors (Lipinski definition) is 2. The molecule has 2 fully saturated rings. The maximum absolute atomic E-state index is 12.3. The molecule has 2 saturated heterocycles. The van der Waals surface area contributed by atoms with E-state index < -0.39 is 17.6 Å². The van der Waals surface area contributed by atoms with Gasteiger partial charge < -0.3 is 15.0 Å². The molecule has 2 atom stereocenters. The smallest absolute Gasteiger partial charge is 0.410 e. The molecule has 28 heavy (non-hydrogen) atoms. The van der Waals surface area contributed by atoms with Gasteiger partial charge in [-0.1, -0.05) is 0 Å². The van der Waals surface area contributed by atoms with Crippen molar-refractivity contribution < 1.29 is 23.9 Å². The molecule has 9 nitrogen and oxygen atoms in total. The van der Waals surface area contributed by atoms with Crippen molar-refractivity contribution in [2.75, 3.05) is 26.2 Å². The highest BCUT2D eigenvalue weighted by atomic mass is 16.6. The predicted octanol–water partition coefficient (Wildman–Crippen LogP) is 0.629. The van der Waals surface area contributed by atoms with Crippen LogP contribution in [0, 0.1) is 0 Å². The monoisotopic (exact) mass is 396 g/mol. The Labute approximate surface area is 166 Å². The minimum atomic E-state index is -0.649. The van der Waals surface area contributed by atoms with Crippen LogP contribution in [0.15, 0.2) is 0 Å². The number of carbonyl (C=O) groups is 4. The second-order valence-electron chi connectivity index (χ2n) is 8.48. The van der Waals surface area contributed by atoms with E-state index in [1.54, 1.807) is 4.90 Å². The zero-order chi connectivity index (χ0) is 20.9. The molecule has 2 rings (SSSR count). The Bertz CT molecular complexity index is 616. The largest absolute Gasteiger partial charge is 0.444 e. The first-order valence-electron chi connectivity index (χ1n) is 9.90. The lowest BCUT2D eigenvalue weighted by Gasteiger charge is -2.29. The number of ether oxygens (including phenoxy) is 1. The lowest BCUT2D eigenvalue weighted by atomic mass is 10.1. The number of nitrogens with one attached hydrogen (secondary N) is 2. The average molecular weight is 396 g/mol. The summed E-state index contributed by atoms with van der Waals surface area (Å²) in [6.07, 6.45) is 1.32. The van der Waals surface area contributed by atoms with Gasteiger partial charge >= 0.3 is 6.09 Å². The standard InChI is InChI=1S/C19H32N4O5/c1-13(12-16(25)20-14-6-7-15(24)21-17(14)26)22-8-5-9-23(11-10-22)18(27)28-19(2,3)4/h13-14H,5-12H2,1-4H3,(H,20,25)(H,21,24,26). The van der Waals surface area contributed by atoms with Crippen LogP contribution in [0.2, 0.25) is 0 Å². The number of piperidine rings is 1. The predicted molar refractivity (Wildman–Crippen MR) is 102 cm³/mol. The molecule has 0 aromatic rings. The SMILES string of the molecule is CC(CC(=O)NC1CCC(=O)NC1=O)N1CCCN(C(=O)OC(C)(C)C)CC1. The lowest BCUT2D eigenvalue weighted by molar-refractivity contribution is -0.137. The van der Waals surface area contributed by atoms with Crippen molar-refractivity contribution in [3.63, 3.8) is 0 Å². The van der Waals surface area contributed by atoms with Gasteiger partial charge in [0.25, 0.3) is 0 Å². The Morgan fingerprint density at radius 1 is 1.21 bits per heavy atom. The van der Waals surface area contributed by atoms with Gasteiger partial charge in [-0.05, 0) is 40.5 Å². The Hall–Kier alpha value is -2.16. The lowest BCUT2D eigenvalue weighted by Crippen LogP contribution is -2.53. The van der Waals surface area contributed by atoms with E-state index in [-0.39, 0.29) is 36.8 Å². The summed E-state index contributed by atoms with van der Waals surface area (Å²) in [7, 11) is 0. The van der Waals surface area contributed by atoms with Gasteiger partial charge in [-0.3, -0.25) is 24.6 Å². The van der Waals surface area contributed by atoms with Gasteiger partial charge in [0.1, 0.15) is 11.6 Å². The van der Waals surface area contributed by atoms with Gasteiger partial charge in [0.05, 0.1) is 0 Å². The van der Waals surface area contributed by atoms with Crippen molar-refractivity contribution >= 4 is 23.8 Å². The van der Waals surface area contributed by atoms with E-state index in [9.17, 15) is 19.2 Å². The highest BCUT2D eigenvalue weighted by Gasteiger charge is 2.30. The summed E-state index contributed by atoms with van der Waals surface area (Å²) in [4.78, 5) is 51.4. The summed E-state index contributed by atoms with van der Waals surface area (Å²) in [5.74, 6) is -0.960. The minimum absolute atomic E-state index is 0.0214. The second-order valence-corrected chi connectivity index (χ2v) is 8.48. The summed E-state index contributed by atoms with van der Waals surface area (Å²) in [6, 6.07) is -0.670. The maximum Gasteiger partial charge on any atom is 0.410 e. The third-order valence-corrected chi connectivity index (χ3v) is 4.86. The molecule has 0 radical (unpaired) electrons. The number of imide groups is 1. The van der Waals surface area contributed by atoms with Crippen molar-refractivity contribution in [2.45, 2.75) is 71.1 Å². The van der Waals surface area contributed by atoms with E-state index in [0.29, 0.717) is 26.1 Å². The molecule has 0 aliphatic carbocycles. The highest BCUT2D eigenvalue weighted by molar-refractivity contribution is 6.01. The number of carbonyl (C=O) groups excluding carboxylic acids is 4. The zero-order valence-electron chi connectivity index (χ0n) is 17.2. The van der Waals surface area contributed by atoms with Gasteiger partial charge in [-0.25, -0.2) is 4.79 Å². The molecule has 2 heterocycles. The zero-order valence-corrected chi connectivity index (χ0v) is 17.2. The topological polar surface area (TPSA) is 108 Å². The number of nitrogens with zero attached hydrogens (tertiary/aromatic N) is 2. The molecule has 2 aliphatic rings. The van der Waals surface area contributed by atoms with Crippen LogP contribution in [0.4, 0.5) is 4.79 Å². The molecule has 2 N–H and O–H groups in total. The van der Waals surface area contributed by atoms with E-state index in [2.05, 4.69) is 15.5 Å². The van der Waals surface area contributed by atoms with Crippen LogP contribution < -0.4 is 10.6 Å². The molecule has 0 saturated carbocycles. The quantitative estimate of drug-likeness (QED) is 0.675. The van der Waals surface area contributed by atoms with Crippen LogP contribution in [-0.4, -0.2) is 77.5 Å². The van der Waals surface area contributed by atoms with E-state index in [1.807, 2.05) is 27.7 Å². The van der Waals surface area contributed by atoms with Crippen molar-refractivity contribution in [3.8, 4) is 0 Å². The minimum Gasteiger partial charge on any atom is -0.444 e. The van der Waals surface area contributed by atoms with Crippen LogP contribution in [0.5, 0.6) is 0 Å². The maximum atomic E-state index is 12.3. The van der Waals surface area contributed by atoms with E-state index in [4.69, 9.17) is 4.74 Å². The fraction of sp³-hybridized carbons (Fsp3) is 0.789. The normalized spacial score (nSPS) is 22.9. The highest BCUT2D eigenvalue weighted by Crippen LogP contribution is 2.14. The molecular weight excluding hydrogens is 364 g/mol. The Morgan fingerprint density at radius 3 is 2.57 bits per heavy atom. The number of hydrogen-bond acceptors (Lipinski definition) is 6. The molecule has 0 spiro atoms. The summed E-state index contributed by atoms with van der Waals surface area (Å²) in [5, 5.41) is 4.95. The summed E-state index contributed by atoms with van der Waals surface area (Å²) in [5.41, 5.74) is -0.523. The van der Waals surface area contributed by atoms with Crippen LogP contribution >= 0.6 is 0 Å². The van der Waals surface area contributed by atoms with Gasteiger partial charge in [-0.15, -0.1) is 0 Å². The third-order valence-electron chi connectivity index (χ3n) is 4.86. The Morgan fingerprint density at radius 2 is 1.93 bits per heavy atom. The van der Waals surface area contributed by atoms with Crippen molar-refractivity contribution in [1.82, 2.24) is 20.4 Å². The van der Waals surface area contributed by atoms with Crippen molar-refractivity contribution in [2.24, 2.45) is 0 Å². The number of amides is 4. The van der Waals surface area contributed by atoms with Crippen molar-refractivity contribution in [1.29, 1.82) is 0 Å². The third kappa shape index (κ3) is 6.78. The molecular formula is C19H32N4O5. The van der Waals surface area contributed by atoms with Gasteiger partial charge in [-0.2, -0.15) is 0 Å². The average Bonchev–Trinajstić information content (AvgIpc) is 2.82. The van der Waals surface area contributed by atoms with Crippen LogP contribution in [0.3, 0.4) is 0 Å². The van der Waals surface area contributed by atoms with E-state index >= 15 is 0 Å². The molecule has 9 heteroatoms. The Kier molecular flexibility index (Phi) is 7.40. The fourth-order valence-corrected chi connectivity index (χ4v) is 3.37. The van der Waals surface area contributed by atoms with Crippen LogP contribution in [0.1, 0.15) is 53.4 Å². The molecule has 0 bridgehead atoms. The summed E-state index contributed by atoms with van der Waals surface area (Å²) in [6.45, 7) is 10.1. The molecule has 158 valence electrons. The fourth-order valence-electron chi connectivity index (χ4n) is 3.37. The van der Waals surface area contributed by atoms with E-state index in [0.717, 1.165) is 13.0 Å². The molecule has 4 amide bonds. The van der Waals surface area contributed by atoms with E-state index in [1.165, 1.54) is 0 Å². The van der Waals surface area contributed by atoms with Crippen molar-refractivity contribution in [3.05, 3.63) is 0 Å². The summed E-state index contributed by atoms with van der Waals surface area (Å²) < 4.78 is 5.44. The summed E-state index contributed by atoms with van der Waals surface area (Å²) >= 11 is 0. The molecule has 0 aromatic heterocycles. The molecule has 2 unspecified atom stereocenters.